The van der Waals surface area contributed by atoms with Gasteiger partial charge in [-0.3, -0.25) is 4.79 Å². The second kappa shape index (κ2) is 5.52. The second-order valence-corrected chi connectivity index (χ2v) is 5.04. The van der Waals surface area contributed by atoms with E-state index in [2.05, 4.69) is 5.32 Å². The molecule has 1 atom stereocenters. The Morgan fingerprint density at radius 2 is 2.06 bits per heavy atom. The summed E-state index contributed by atoms with van der Waals surface area (Å²) in [6.07, 6.45) is 2.60. The first kappa shape index (κ1) is 12.4. The van der Waals surface area contributed by atoms with Gasteiger partial charge in [-0.05, 0) is 43.0 Å². The summed E-state index contributed by atoms with van der Waals surface area (Å²) in [7, 11) is 0. The third-order valence-electron chi connectivity index (χ3n) is 3.09. The van der Waals surface area contributed by atoms with Gasteiger partial charge < -0.3 is 11.1 Å². The van der Waals surface area contributed by atoms with E-state index >= 15 is 0 Å². The molecule has 1 amide bonds. The van der Waals surface area contributed by atoms with E-state index in [4.69, 9.17) is 17.3 Å². The van der Waals surface area contributed by atoms with Crippen molar-refractivity contribution in [3.63, 3.8) is 0 Å². The number of carbonyl (C=O) groups is 1. The van der Waals surface area contributed by atoms with Crippen molar-refractivity contribution in [2.45, 2.75) is 18.8 Å². The SMILES string of the molecule is NC(=O)[C@H](CNCC1CC1)c1ccc(Cl)cc1. The molecule has 1 aromatic carbocycles. The summed E-state index contributed by atoms with van der Waals surface area (Å²) in [6, 6.07) is 7.29. The minimum absolute atomic E-state index is 0.272. The molecule has 92 valence electrons. The van der Waals surface area contributed by atoms with Gasteiger partial charge in [-0.1, -0.05) is 23.7 Å². The van der Waals surface area contributed by atoms with Crippen LogP contribution in [0.2, 0.25) is 5.02 Å². The summed E-state index contributed by atoms with van der Waals surface area (Å²) in [5, 5.41) is 3.98. The minimum Gasteiger partial charge on any atom is -0.369 e. The molecular weight excluding hydrogens is 236 g/mol. The first-order valence-corrected chi connectivity index (χ1v) is 6.30. The van der Waals surface area contributed by atoms with E-state index in [0.717, 1.165) is 18.0 Å². The molecule has 0 aliphatic heterocycles. The Morgan fingerprint density at radius 1 is 1.41 bits per heavy atom. The Kier molecular flexibility index (Phi) is 4.02. The van der Waals surface area contributed by atoms with Crippen LogP contribution in [0.15, 0.2) is 24.3 Å². The number of nitrogens with two attached hydrogens (primary N) is 1. The van der Waals surface area contributed by atoms with Gasteiger partial charge in [0, 0.05) is 11.6 Å². The molecule has 0 heterocycles. The van der Waals surface area contributed by atoms with E-state index in [1.807, 2.05) is 12.1 Å². The molecule has 0 spiro atoms. The summed E-state index contributed by atoms with van der Waals surface area (Å²) >= 11 is 5.82. The Balaban J connectivity index is 1.95. The Bertz CT molecular complexity index is 387. The van der Waals surface area contributed by atoms with E-state index in [1.165, 1.54) is 12.8 Å². The predicted octanol–water partition coefficient (Wildman–Crippen LogP) is 1.91. The molecule has 4 heteroatoms. The molecule has 0 saturated heterocycles. The molecule has 0 aromatic heterocycles. The normalized spacial score (nSPS) is 16.8. The minimum atomic E-state index is -0.296. The van der Waals surface area contributed by atoms with Gasteiger partial charge in [-0.2, -0.15) is 0 Å². The highest BCUT2D eigenvalue weighted by Gasteiger charge is 2.22. The van der Waals surface area contributed by atoms with Gasteiger partial charge in [-0.15, -0.1) is 0 Å². The maximum Gasteiger partial charge on any atom is 0.226 e. The number of amides is 1. The standard InChI is InChI=1S/C13H17ClN2O/c14-11-5-3-10(4-6-11)12(13(15)17)8-16-7-9-1-2-9/h3-6,9,12,16H,1-2,7-8H2,(H2,15,17)/t12-/m1/s1. The monoisotopic (exact) mass is 252 g/mol. The van der Waals surface area contributed by atoms with Crippen molar-refractivity contribution in [2.75, 3.05) is 13.1 Å². The van der Waals surface area contributed by atoms with Crippen LogP contribution in [0.25, 0.3) is 0 Å². The summed E-state index contributed by atoms with van der Waals surface area (Å²) in [4.78, 5) is 11.4. The van der Waals surface area contributed by atoms with Gasteiger partial charge in [0.25, 0.3) is 0 Å². The summed E-state index contributed by atoms with van der Waals surface area (Å²) < 4.78 is 0. The third-order valence-corrected chi connectivity index (χ3v) is 3.35. The molecule has 1 aliphatic rings. The topological polar surface area (TPSA) is 55.1 Å². The van der Waals surface area contributed by atoms with Crippen molar-refractivity contribution in [3.05, 3.63) is 34.9 Å². The first-order valence-electron chi connectivity index (χ1n) is 5.92. The molecule has 17 heavy (non-hydrogen) atoms. The van der Waals surface area contributed by atoms with Crippen LogP contribution in [0.1, 0.15) is 24.3 Å². The van der Waals surface area contributed by atoms with E-state index < -0.39 is 0 Å². The summed E-state index contributed by atoms with van der Waals surface area (Å²) in [6.45, 7) is 1.59. The highest BCUT2D eigenvalue weighted by atomic mass is 35.5. The van der Waals surface area contributed by atoms with Gasteiger partial charge in [0.15, 0.2) is 0 Å². The van der Waals surface area contributed by atoms with Crippen molar-refractivity contribution < 1.29 is 4.79 Å². The van der Waals surface area contributed by atoms with Gasteiger partial charge in [-0.25, -0.2) is 0 Å². The number of nitrogens with one attached hydrogen (secondary N) is 1. The van der Waals surface area contributed by atoms with Crippen LogP contribution < -0.4 is 11.1 Å². The number of primary amides is 1. The van der Waals surface area contributed by atoms with Crippen molar-refractivity contribution in [1.29, 1.82) is 0 Å². The summed E-state index contributed by atoms with van der Waals surface area (Å²) in [5.74, 6) is 0.232. The lowest BCUT2D eigenvalue weighted by Gasteiger charge is -2.14. The van der Waals surface area contributed by atoms with Gasteiger partial charge in [0.2, 0.25) is 5.91 Å². The Labute approximate surface area is 106 Å². The zero-order valence-corrected chi connectivity index (χ0v) is 10.4. The predicted molar refractivity (Wildman–Crippen MR) is 69.0 cm³/mol. The number of hydrogen-bond acceptors (Lipinski definition) is 2. The largest absolute Gasteiger partial charge is 0.369 e. The molecule has 0 radical (unpaired) electrons. The molecule has 0 unspecified atom stereocenters. The lowest BCUT2D eigenvalue weighted by atomic mass is 9.98. The van der Waals surface area contributed by atoms with E-state index in [9.17, 15) is 4.79 Å². The Hall–Kier alpha value is -1.06. The van der Waals surface area contributed by atoms with Crippen LogP contribution in [0, 0.1) is 5.92 Å². The zero-order chi connectivity index (χ0) is 12.3. The maximum atomic E-state index is 11.4. The highest BCUT2D eigenvalue weighted by Crippen LogP contribution is 2.27. The molecule has 2 rings (SSSR count). The summed E-state index contributed by atoms with van der Waals surface area (Å²) in [5.41, 5.74) is 6.35. The maximum absolute atomic E-state index is 11.4. The average molecular weight is 253 g/mol. The molecule has 1 fully saturated rings. The van der Waals surface area contributed by atoms with Crippen molar-refractivity contribution in [2.24, 2.45) is 11.7 Å². The fourth-order valence-electron chi connectivity index (χ4n) is 1.83. The van der Waals surface area contributed by atoms with Gasteiger partial charge in [0.05, 0.1) is 5.92 Å². The molecule has 1 aliphatic carbocycles. The zero-order valence-electron chi connectivity index (χ0n) is 9.66. The fourth-order valence-corrected chi connectivity index (χ4v) is 1.96. The highest BCUT2D eigenvalue weighted by molar-refractivity contribution is 6.30. The smallest absolute Gasteiger partial charge is 0.226 e. The third kappa shape index (κ3) is 3.72. The van der Waals surface area contributed by atoms with E-state index in [-0.39, 0.29) is 11.8 Å². The quantitative estimate of drug-likeness (QED) is 0.813. The molecule has 1 aromatic rings. The van der Waals surface area contributed by atoms with Crippen LogP contribution >= 0.6 is 11.6 Å². The number of rotatable bonds is 6. The second-order valence-electron chi connectivity index (χ2n) is 4.61. The van der Waals surface area contributed by atoms with Crippen molar-refractivity contribution >= 4 is 17.5 Å². The van der Waals surface area contributed by atoms with Crippen LogP contribution in [-0.2, 0) is 4.79 Å². The number of hydrogen-bond donors (Lipinski definition) is 2. The average Bonchev–Trinajstić information content (AvgIpc) is 3.09. The molecule has 1 saturated carbocycles. The first-order chi connectivity index (χ1) is 8.16. The van der Waals surface area contributed by atoms with Crippen LogP contribution in [0.5, 0.6) is 0 Å². The molecule has 0 bridgehead atoms. The molecular formula is C13H17ClN2O. The van der Waals surface area contributed by atoms with Gasteiger partial charge in [0.1, 0.15) is 0 Å². The fraction of sp³-hybridized carbons (Fsp3) is 0.462. The number of halogens is 1. The van der Waals surface area contributed by atoms with Crippen LogP contribution in [0.3, 0.4) is 0 Å². The number of benzene rings is 1. The molecule has 3 nitrogen and oxygen atoms in total. The Morgan fingerprint density at radius 3 is 2.59 bits per heavy atom. The van der Waals surface area contributed by atoms with Crippen molar-refractivity contribution in [3.8, 4) is 0 Å². The van der Waals surface area contributed by atoms with Gasteiger partial charge >= 0.3 is 0 Å². The molecule has 3 N–H and O–H groups in total. The van der Waals surface area contributed by atoms with Crippen LogP contribution in [0.4, 0.5) is 0 Å². The van der Waals surface area contributed by atoms with E-state index in [0.29, 0.717) is 11.6 Å². The number of carbonyl (C=O) groups excluding carboxylic acids is 1. The van der Waals surface area contributed by atoms with Crippen LogP contribution in [-0.4, -0.2) is 19.0 Å². The van der Waals surface area contributed by atoms with E-state index in [1.54, 1.807) is 12.1 Å². The lowest BCUT2D eigenvalue weighted by Crippen LogP contribution is -2.32. The van der Waals surface area contributed by atoms with Crippen molar-refractivity contribution in [1.82, 2.24) is 5.32 Å². The lowest BCUT2D eigenvalue weighted by molar-refractivity contribution is -0.119.